The molecule has 1 aliphatic heterocycles. The van der Waals surface area contributed by atoms with Gasteiger partial charge in [0.1, 0.15) is 36.5 Å². The number of ether oxygens (including phenoxy) is 3. The number of esters is 1. The number of nitrogens with zero attached hydrogens (tertiary/aromatic N) is 2. The first-order chi connectivity index (χ1) is 16.7. The van der Waals surface area contributed by atoms with E-state index in [-0.39, 0.29) is 37.8 Å². The van der Waals surface area contributed by atoms with Crippen LogP contribution in [0.25, 0.3) is 0 Å². The van der Waals surface area contributed by atoms with E-state index in [2.05, 4.69) is 10.1 Å². The van der Waals surface area contributed by atoms with Crippen molar-refractivity contribution in [2.75, 3.05) is 32.7 Å². The van der Waals surface area contributed by atoms with Crippen molar-refractivity contribution in [2.45, 2.75) is 37.8 Å². The highest BCUT2D eigenvalue weighted by molar-refractivity contribution is 7.52. The van der Waals surface area contributed by atoms with Crippen LogP contribution >= 0.6 is 7.75 Å². The van der Waals surface area contributed by atoms with E-state index >= 15 is 0 Å². The van der Waals surface area contributed by atoms with Crippen LogP contribution in [-0.2, 0) is 28.1 Å². The first-order valence-corrected chi connectivity index (χ1v) is 12.4. The molecule has 0 saturated carbocycles. The third-order valence-corrected chi connectivity index (χ3v) is 6.62. The van der Waals surface area contributed by atoms with Gasteiger partial charge < -0.3 is 29.6 Å². The van der Waals surface area contributed by atoms with Crippen molar-refractivity contribution in [1.29, 1.82) is 0 Å². The van der Waals surface area contributed by atoms with E-state index in [0.29, 0.717) is 0 Å². The monoisotopic (exact) mass is 512 g/mol. The lowest BCUT2D eigenvalue weighted by molar-refractivity contribution is -0.146. The van der Waals surface area contributed by atoms with Crippen LogP contribution in [0.2, 0.25) is 0 Å². The van der Waals surface area contributed by atoms with Crippen LogP contribution in [0, 0.1) is 0 Å². The highest BCUT2D eigenvalue weighted by Crippen LogP contribution is 2.45. The Bertz CT molecular complexity index is 1080. The number of nitrogens with one attached hydrogen (secondary N) is 1. The molecule has 1 fully saturated rings. The normalized spacial score (nSPS) is 22.3. The number of anilines is 1. The number of carbonyl (C=O) groups is 1. The highest BCUT2D eigenvalue weighted by Gasteiger charge is 2.39. The van der Waals surface area contributed by atoms with Gasteiger partial charge in [-0.2, -0.15) is 10.1 Å². The summed E-state index contributed by atoms with van der Waals surface area (Å²) in [5.41, 5.74) is 4.87. The standard InChI is InChI=1S/C21H29N4O9P/c1-14(20(27)31-11-10-30-2)24-35(29,34-15-6-4-3-5-7-15)32-13-17-16(26)12-19(33-17)25-9-8-18(22)23-21(25)28/h3-9,14,16-17,19,26H,10-13H2,1-2H3,(H,24,29)(H2,22,23,28)/t14-,16+,17-,19-,35?/m0/s1. The van der Waals surface area contributed by atoms with E-state index in [1.54, 1.807) is 30.3 Å². The Morgan fingerprint density at radius 2 is 2.09 bits per heavy atom. The van der Waals surface area contributed by atoms with Crippen LogP contribution < -0.4 is 21.0 Å². The lowest BCUT2D eigenvalue weighted by atomic mass is 10.2. The number of carbonyl (C=O) groups excluding carboxylic acids is 1. The molecule has 0 amide bonds. The first kappa shape index (κ1) is 26.8. The van der Waals surface area contributed by atoms with Gasteiger partial charge in [0.05, 0.1) is 19.3 Å². The summed E-state index contributed by atoms with van der Waals surface area (Å²) in [6.07, 6.45) is -1.32. The number of para-hydroxylation sites is 1. The smallest absolute Gasteiger partial charge is 0.459 e. The molecule has 14 heteroatoms. The zero-order valence-electron chi connectivity index (χ0n) is 19.3. The molecule has 35 heavy (non-hydrogen) atoms. The zero-order chi connectivity index (χ0) is 25.4. The summed E-state index contributed by atoms with van der Waals surface area (Å²) in [7, 11) is -2.68. The van der Waals surface area contributed by atoms with Crippen molar-refractivity contribution in [3.05, 3.63) is 53.1 Å². The first-order valence-electron chi connectivity index (χ1n) is 10.8. The SMILES string of the molecule is COCCOC(=O)[C@H](C)NP(=O)(OC[C@@H]1O[C@H](n2ccc(N)nc2=O)C[C@H]1O)Oc1ccccc1. The second kappa shape index (κ2) is 12.2. The van der Waals surface area contributed by atoms with E-state index in [4.69, 9.17) is 29.0 Å². The third kappa shape index (κ3) is 7.59. The van der Waals surface area contributed by atoms with Gasteiger partial charge in [0.15, 0.2) is 0 Å². The quantitative estimate of drug-likeness (QED) is 0.208. The molecule has 192 valence electrons. The number of benzene rings is 1. The summed E-state index contributed by atoms with van der Waals surface area (Å²) >= 11 is 0. The molecule has 1 aromatic carbocycles. The number of aliphatic hydroxyl groups is 1. The van der Waals surface area contributed by atoms with Crippen LogP contribution in [-0.4, -0.2) is 65.8 Å². The molecule has 0 radical (unpaired) electrons. The van der Waals surface area contributed by atoms with E-state index in [1.165, 1.54) is 30.9 Å². The molecule has 1 aliphatic rings. The molecule has 0 spiro atoms. The molecular formula is C21H29N4O9P. The van der Waals surface area contributed by atoms with Gasteiger partial charge in [0, 0.05) is 19.7 Å². The molecule has 2 heterocycles. The number of aliphatic hydroxyl groups excluding tert-OH is 1. The van der Waals surface area contributed by atoms with Gasteiger partial charge in [0.25, 0.3) is 0 Å². The van der Waals surface area contributed by atoms with Gasteiger partial charge in [-0.15, -0.1) is 0 Å². The fourth-order valence-corrected chi connectivity index (χ4v) is 4.71. The number of rotatable bonds is 12. The molecule has 2 aromatic rings. The molecule has 5 atom stereocenters. The Morgan fingerprint density at radius 3 is 2.77 bits per heavy atom. The molecular weight excluding hydrogens is 483 g/mol. The lowest BCUT2D eigenvalue weighted by Crippen LogP contribution is -2.36. The van der Waals surface area contributed by atoms with Gasteiger partial charge in [-0.1, -0.05) is 18.2 Å². The second-order valence-corrected chi connectivity index (χ2v) is 9.38. The largest absolute Gasteiger partial charge is 0.462 e. The predicted molar refractivity (Wildman–Crippen MR) is 124 cm³/mol. The van der Waals surface area contributed by atoms with Gasteiger partial charge in [0.2, 0.25) is 0 Å². The summed E-state index contributed by atoms with van der Waals surface area (Å²) in [6.45, 7) is 1.31. The zero-order valence-corrected chi connectivity index (χ0v) is 20.2. The number of methoxy groups -OCH3 is 1. The second-order valence-electron chi connectivity index (χ2n) is 7.68. The maximum Gasteiger partial charge on any atom is 0.459 e. The Balaban J connectivity index is 1.68. The van der Waals surface area contributed by atoms with Crippen molar-refractivity contribution in [3.8, 4) is 5.75 Å². The van der Waals surface area contributed by atoms with Gasteiger partial charge >= 0.3 is 19.4 Å². The van der Waals surface area contributed by atoms with Crippen molar-refractivity contribution >= 4 is 19.5 Å². The molecule has 0 aliphatic carbocycles. The Morgan fingerprint density at radius 1 is 1.34 bits per heavy atom. The van der Waals surface area contributed by atoms with E-state index in [1.807, 2.05) is 0 Å². The average molecular weight is 512 g/mol. The van der Waals surface area contributed by atoms with Crippen molar-refractivity contribution in [2.24, 2.45) is 0 Å². The van der Waals surface area contributed by atoms with E-state index in [9.17, 15) is 19.3 Å². The van der Waals surface area contributed by atoms with Crippen LogP contribution in [0.15, 0.2) is 47.4 Å². The Labute approximate surface area is 201 Å². The predicted octanol–water partition coefficient (Wildman–Crippen LogP) is 0.845. The lowest BCUT2D eigenvalue weighted by Gasteiger charge is -2.24. The average Bonchev–Trinajstić information content (AvgIpc) is 3.18. The topological polar surface area (TPSA) is 173 Å². The van der Waals surface area contributed by atoms with Crippen LogP contribution in [0.5, 0.6) is 5.75 Å². The number of aromatic nitrogens is 2. The minimum atomic E-state index is -4.15. The molecule has 1 saturated heterocycles. The Hall–Kier alpha value is -2.80. The minimum Gasteiger partial charge on any atom is -0.462 e. The highest BCUT2D eigenvalue weighted by atomic mass is 31.2. The third-order valence-electron chi connectivity index (χ3n) is 4.98. The van der Waals surface area contributed by atoms with Crippen molar-refractivity contribution < 1.29 is 37.7 Å². The van der Waals surface area contributed by atoms with Gasteiger partial charge in [-0.05, 0) is 25.1 Å². The summed E-state index contributed by atoms with van der Waals surface area (Å²) in [6, 6.07) is 8.61. The summed E-state index contributed by atoms with van der Waals surface area (Å²) in [4.78, 5) is 28.0. The number of nitrogens with two attached hydrogens (primary N) is 1. The molecule has 4 N–H and O–H groups in total. The maximum absolute atomic E-state index is 13.5. The molecule has 1 aromatic heterocycles. The fraction of sp³-hybridized carbons (Fsp3) is 0.476. The van der Waals surface area contributed by atoms with Crippen molar-refractivity contribution in [1.82, 2.24) is 14.6 Å². The maximum atomic E-state index is 13.5. The van der Waals surface area contributed by atoms with Crippen LogP contribution in [0.1, 0.15) is 19.6 Å². The number of hydrogen-bond acceptors (Lipinski definition) is 11. The fourth-order valence-electron chi connectivity index (χ4n) is 3.20. The molecule has 3 rings (SSSR count). The Kier molecular flexibility index (Phi) is 9.38. The molecule has 0 bridgehead atoms. The van der Waals surface area contributed by atoms with Gasteiger partial charge in [-0.25, -0.2) is 9.36 Å². The van der Waals surface area contributed by atoms with Crippen LogP contribution in [0.4, 0.5) is 5.82 Å². The minimum absolute atomic E-state index is 0.0227. The molecule has 13 nitrogen and oxygen atoms in total. The van der Waals surface area contributed by atoms with E-state index in [0.717, 1.165) is 0 Å². The van der Waals surface area contributed by atoms with Crippen LogP contribution in [0.3, 0.4) is 0 Å². The summed E-state index contributed by atoms with van der Waals surface area (Å²) in [5, 5.41) is 13.0. The summed E-state index contributed by atoms with van der Waals surface area (Å²) < 4.78 is 41.5. The number of nitrogen functional groups attached to an aromatic ring is 1. The number of hydrogen-bond donors (Lipinski definition) is 3. The van der Waals surface area contributed by atoms with Crippen molar-refractivity contribution in [3.63, 3.8) is 0 Å². The van der Waals surface area contributed by atoms with E-state index < -0.39 is 43.9 Å². The summed E-state index contributed by atoms with van der Waals surface area (Å²) in [5.74, 6) is -0.395. The molecule has 1 unspecified atom stereocenters. The van der Waals surface area contributed by atoms with Gasteiger partial charge in [-0.3, -0.25) is 13.9 Å².